The fourth-order valence-electron chi connectivity index (χ4n) is 3.62. The van der Waals surface area contributed by atoms with Crippen molar-refractivity contribution in [3.05, 3.63) is 64.7 Å². The molecular weight excluding hydrogens is 348 g/mol. The maximum Gasteiger partial charge on any atom is 0.242 e. The summed E-state index contributed by atoms with van der Waals surface area (Å²) < 4.78 is 0. The van der Waals surface area contributed by atoms with E-state index >= 15 is 0 Å². The standard InChI is InChI=1S/C21H21ClN2O2/c22-17-9-7-15(8-10-17)14-23-19(25)21(11-12-21)20(26)24-13-3-5-16-4-1-2-6-18(16)24/h1-2,4,6-10H,3,5,11-14H2,(H,23,25). The molecule has 2 aromatic rings. The number of nitrogens with zero attached hydrogens (tertiary/aromatic N) is 1. The summed E-state index contributed by atoms with van der Waals surface area (Å²) in [5.41, 5.74) is 2.22. The van der Waals surface area contributed by atoms with Gasteiger partial charge in [-0.25, -0.2) is 0 Å². The molecule has 1 heterocycles. The molecule has 0 spiro atoms. The molecule has 0 aromatic heterocycles. The third-order valence-corrected chi connectivity index (χ3v) is 5.57. The first-order chi connectivity index (χ1) is 12.6. The first-order valence-corrected chi connectivity index (χ1v) is 9.41. The quantitative estimate of drug-likeness (QED) is 0.836. The molecule has 1 N–H and O–H groups in total. The van der Waals surface area contributed by atoms with Crippen LogP contribution in [0.4, 0.5) is 5.69 Å². The number of hydrogen-bond acceptors (Lipinski definition) is 2. The van der Waals surface area contributed by atoms with E-state index in [0.29, 0.717) is 31.0 Å². The molecule has 1 saturated carbocycles. The number of anilines is 1. The van der Waals surface area contributed by atoms with Crippen LogP contribution >= 0.6 is 11.6 Å². The van der Waals surface area contributed by atoms with Gasteiger partial charge >= 0.3 is 0 Å². The van der Waals surface area contributed by atoms with Gasteiger partial charge in [0.2, 0.25) is 11.8 Å². The first-order valence-electron chi connectivity index (χ1n) is 9.03. The summed E-state index contributed by atoms with van der Waals surface area (Å²) in [5, 5.41) is 3.60. The highest BCUT2D eigenvalue weighted by molar-refractivity contribution is 6.30. The van der Waals surface area contributed by atoms with E-state index in [4.69, 9.17) is 11.6 Å². The summed E-state index contributed by atoms with van der Waals surface area (Å²) in [4.78, 5) is 27.8. The van der Waals surface area contributed by atoms with E-state index in [2.05, 4.69) is 11.4 Å². The monoisotopic (exact) mass is 368 g/mol. The molecular formula is C21H21ClN2O2. The molecule has 0 bridgehead atoms. The summed E-state index contributed by atoms with van der Waals surface area (Å²) in [6.45, 7) is 1.09. The molecule has 2 aliphatic rings. The van der Waals surface area contributed by atoms with Gasteiger partial charge in [-0.2, -0.15) is 0 Å². The van der Waals surface area contributed by atoms with Crippen molar-refractivity contribution in [3.8, 4) is 0 Å². The molecule has 4 rings (SSSR count). The van der Waals surface area contributed by atoms with Crippen LogP contribution in [0.1, 0.15) is 30.4 Å². The molecule has 134 valence electrons. The van der Waals surface area contributed by atoms with Gasteiger partial charge in [-0.1, -0.05) is 41.9 Å². The third-order valence-electron chi connectivity index (χ3n) is 5.32. The number of carbonyl (C=O) groups is 2. The van der Waals surface area contributed by atoms with Crippen molar-refractivity contribution in [1.82, 2.24) is 5.32 Å². The zero-order valence-electron chi connectivity index (χ0n) is 14.5. The van der Waals surface area contributed by atoms with Crippen molar-refractivity contribution in [2.75, 3.05) is 11.4 Å². The Balaban J connectivity index is 1.47. The van der Waals surface area contributed by atoms with Crippen LogP contribution in [0.3, 0.4) is 0 Å². The van der Waals surface area contributed by atoms with Crippen LogP contribution < -0.4 is 10.2 Å². The fraction of sp³-hybridized carbons (Fsp3) is 0.333. The predicted molar refractivity (Wildman–Crippen MR) is 102 cm³/mol. The molecule has 0 atom stereocenters. The van der Waals surface area contributed by atoms with E-state index in [0.717, 1.165) is 24.1 Å². The molecule has 2 aromatic carbocycles. The van der Waals surface area contributed by atoms with Gasteiger partial charge in [0.05, 0.1) is 0 Å². The topological polar surface area (TPSA) is 49.4 Å². The number of fused-ring (bicyclic) bond motifs is 1. The minimum atomic E-state index is -0.892. The van der Waals surface area contributed by atoms with Crippen molar-refractivity contribution >= 4 is 29.1 Å². The van der Waals surface area contributed by atoms with Gasteiger partial charge in [0, 0.05) is 23.8 Å². The van der Waals surface area contributed by atoms with Gasteiger partial charge in [0.25, 0.3) is 0 Å². The van der Waals surface area contributed by atoms with Crippen molar-refractivity contribution in [2.24, 2.45) is 5.41 Å². The number of carbonyl (C=O) groups excluding carboxylic acids is 2. The van der Waals surface area contributed by atoms with Crippen LogP contribution in [0, 0.1) is 5.41 Å². The highest BCUT2D eigenvalue weighted by Crippen LogP contribution is 2.49. The minimum Gasteiger partial charge on any atom is -0.351 e. The number of rotatable bonds is 4. The molecule has 26 heavy (non-hydrogen) atoms. The Morgan fingerprint density at radius 2 is 1.81 bits per heavy atom. The summed E-state index contributed by atoms with van der Waals surface area (Å²) >= 11 is 5.89. The minimum absolute atomic E-state index is 0.0572. The Morgan fingerprint density at radius 3 is 2.54 bits per heavy atom. The van der Waals surface area contributed by atoms with E-state index in [9.17, 15) is 9.59 Å². The Bertz CT molecular complexity index is 843. The lowest BCUT2D eigenvalue weighted by molar-refractivity contribution is -0.135. The maximum absolute atomic E-state index is 13.2. The normalized spacial score (nSPS) is 17.3. The second-order valence-corrected chi connectivity index (χ2v) is 7.52. The fourth-order valence-corrected chi connectivity index (χ4v) is 3.75. The molecule has 1 aliphatic heterocycles. The predicted octanol–water partition coefficient (Wildman–Crippen LogP) is 3.72. The lowest BCUT2D eigenvalue weighted by Crippen LogP contribution is -2.47. The summed E-state index contributed by atoms with van der Waals surface area (Å²) in [7, 11) is 0. The van der Waals surface area contributed by atoms with E-state index in [1.807, 2.05) is 35.2 Å². The van der Waals surface area contributed by atoms with Crippen LogP contribution in [0.25, 0.3) is 0 Å². The van der Waals surface area contributed by atoms with Crippen molar-refractivity contribution in [1.29, 1.82) is 0 Å². The van der Waals surface area contributed by atoms with E-state index in [1.54, 1.807) is 12.1 Å². The molecule has 1 fully saturated rings. The highest BCUT2D eigenvalue weighted by Gasteiger charge is 2.58. The van der Waals surface area contributed by atoms with E-state index in [1.165, 1.54) is 5.56 Å². The van der Waals surface area contributed by atoms with Gasteiger partial charge in [-0.05, 0) is 55.0 Å². The molecule has 5 heteroatoms. The largest absolute Gasteiger partial charge is 0.351 e. The lowest BCUT2D eigenvalue weighted by atomic mass is 9.97. The average molecular weight is 369 g/mol. The highest BCUT2D eigenvalue weighted by atomic mass is 35.5. The maximum atomic E-state index is 13.2. The molecule has 0 unspecified atom stereocenters. The van der Waals surface area contributed by atoms with Gasteiger partial charge in [-0.15, -0.1) is 0 Å². The lowest BCUT2D eigenvalue weighted by Gasteiger charge is -2.32. The van der Waals surface area contributed by atoms with Crippen LogP contribution in [0.2, 0.25) is 5.02 Å². The molecule has 2 amide bonds. The Morgan fingerprint density at radius 1 is 1.08 bits per heavy atom. The molecule has 0 saturated heterocycles. The van der Waals surface area contributed by atoms with E-state index in [-0.39, 0.29) is 11.8 Å². The molecule has 0 radical (unpaired) electrons. The smallest absolute Gasteiger partial charge is 0.242 e. The number of benzene rings is 2. The van der Waals surface area contributed by atoms with Gasteiger partial charge in [0.15, 0.2) is 0 Å². The zero-order valence-corrected chi connectivity index (χ0v) is 15.3. The first kappa shape index (κ1) is 17.1. The van der Waals surface area contributed by atoms with Gasteiger partial charge in [-0.3, -0.25) is 9.59 Å². The van der Waals surface area contributed by atoms with Crippen molar-refractivity contribution in [3.63, 3.8) is 0 Å². The number of aryl methyl sites for hydroxylation is 1. The SMILES string of the molecule is O=C(NCc1ccc(Cl)cc1)C1(C(=O)N2CCCc3ccccc32)CC1. The summed E-state index contributed by atoms with van der Waals surface area (Å²) in [5.74, 6) is -0.223. The number of amides is 2. The number of para-hydroxylation sites is 1. The number of nitrogens with one attached hydrogen (secondary N) is 1. The Labute approximate surface area is 158 Å². The van der Waals surface area contributed by atoms with E-state index < -0.39 is 5.41 Å². The van der Waals surface area contributed by atoms with Gasteiger partial charge < -0.3 is 10.2 Å². The second kappa shape index (κ2) is 6.76. The van der Waals surface area contributed by atoms with Crippen LogP contribution in [0.15, 0.2) is 48.5 Å². The zero-order chi connectivity index (χ0) is 18.1. The van der Waals surface area contributed by atoms with Crippen molar-refractivity contribution < 1.29 is 9.59 Å². The molecule has 1 aliphatic carbocycles. The summed E-state index contributed by atoms with van der Waals surface area (Å²) in [6.07, 6.45) is 3.16. The van der Waals surface area contributed by atoms with Crippen LogP contribution in [0.5, 0.6) is 0 Å². The van der Waals surface area contributed by atoms with Crippen LogP contribution in [-0.4, -0.2) is 18.4 Å². The van der Waals surface area contributed by atoms with Gasteiger partial charge in [0.1, 0.15) is 5.41 Å². The Kier molecular flexibility index (Phi) is 4.45. The average Bonchev–Trinajstić information content (AvgIpc) is 3.48. The third kappa shape index (κ3) is 3.10. The van der Waals surface area contributed by atoms with Crippen LogP contribution in [-0.2, 0) is 22.6 Å². The Hall–Kier alpha value is -2.33. The number of hydrogen-bond donors (Lipinski definition) is 1. The second-order valence-electron chi connectivity index (χ2n) is 7.08. The number of halogens is 1. The molecule has 4 nitrogen and oxygen atoms in total. The van der Waals surface area contributed by atoms with Crippen molar-refractivity contribution in [2.45, 2.75) is 32.2 Å². The summed E-state index contributed by atoms with van der Waals surface area (Å²) in [6, 6.07) is 15.3.